The van der Waals surface area contributed by atoms with Crippen LogP contribution >= 0.6 is 0 Å². The Balaban J connectivity index is 2.43. The maximum Gasteiger partial charge on any atom is 0.242 e. The molecule has 0 saturated heterocycles. The molecule has 0 aliphatic heterocycles. The first-order valence-electron chi connectivity index (χ1n) is 6.28. The Morgan fingerprint density at radius 2 is 2.05 bits per heavy atom. The zero-order chi connectivity index (χ0) is 14.5. The first-order valence-corrected chi connectivity index (χ1v) is 6.28. The number of rotatable bonds is 4. The van der Waals surface area contributed by atoms with Crippen molar-refractivity contribution in [3.8, 4) is 0 Å². The number of nitrogens with one attached hydrogen (secondary N) is 2. The number of hydrogen-bond acceptors (Lipinski definition) is 3. The molecule has 0 aliphatic rings. The molecule has 104 valence electrons. The maximum atomic E-state index is 11.8. The average molecular weight is 263 g/mol. The van der Waals surface area contributed by atoms with Crippen LogP contribution in [0.5, 0.6) is 0 Å². The van der Waals surface area contributed by atoms with Gasteiger partial charge in [-0.25, -0.2) is 0 Å². The van der Waals surface area contributed by atoms with Gasteiger partial charge >= 0.3 is 0 Å². The second kappa shape index (κ2) is 6.31. The Kier molecular flexibility index (Phi) is 5.03. The second-order valence-electron chi connectivity index (χ2n) is 5.52. The lowest BCUT2D eigenvalue weighted by molar-refractivity contribution is -0.133. The summed E-state index contributed by atoms with van der Waals surface area (Å²) in [6.45, 7) is 7.50. The molecule has 0 bridgehead atoms. The SMILES string of the molecule is C[C@H](NC(=O)C(C)(C)C)C(=O)NCc1cccnc1. The number of amides is 2. The van der Waals surface area contributed by atoms with Crippen molar-refractivity contribution in [3.63, 3.8) is 0 Å². The van der Waals surface area contributed by atoms with E-state index in [0.29, 0.717) is 6.54 Å². The van der Waals surface area contributed by atoms with Crippen molar-refractivity contribution in [2.45, 2.75) is 40.3 Å². The van der Waals surface area contributed by atoms with Gasteiger partial charge in [0.1, 0.15) is 6.04 Å². The largest absolute Gasteiger partial charge is 0.350 e. The van der Waals surface area contributed by atoms with E-state index >= 15 is 0 Å². The highest BCUT2D eigenvalue weighted by atomic mass is 16.2. The average Bonchev–Trinajstić information content (AvgIpc) is 2.35. The smallest absolute Gasteiger partial charge is 0.242 e. The molecule has 1 atom stereocenters. The summed E-state index contributed by atoms with van der Waals surface area (Å²) in [5, 5.41) is 5.45. The van der Waals surface area contributed by atoms with Crippen LogP contribution in [0.3, 0.4) is 0 Å². The highest BCUT2D eigenvalue weighted by Crippen LogP contribution is 2.12. The van der Waals surface area contributed by atoms with Crippen molar-refractivity contribution in [3.05, 3.63) is 30.1 Å². The van der Waals surface area contributed by atoms with Crippen LogP contribution in [0.2, 0.25) is 0 Å². The molecule has 0 radical (unpaired) electrons. The van der Waals surface area contributed by atoms with E-state index in [1.54, 1.807) is 19.3 Å². The Morgan fingerprint density at radius 1 is 1.37 bits per heavy atom. The first-order chi connectivity index (χ1) is 8.80. The van der Waals surface area contributed by atoms with E-state index in [-0.39, 0.29) is 11.8 Å². The molecular weight excluding hydrogens is 242 g/mol. The lowest BCUT2D eigenvalue weighted by Gasteiger charge is -2.21. The van der Waals surface area contributed by atoms with Crippen LogP contribution in [0.4, 0.5) is 0 Å². The summed E-state index contributed by atoms with van der Waals surface area (Å²) in [7, 11) is 0. The minimum atomic E-state index is -0.552. The first kappa shape index (κ1) is 15.1. The molecule has 0 saturated carbocycles. The normalized spacial score (nSPS) is 12.6. The summed E-state index contributed by atoms with van der Waals surface area (Å²) in [6.07, 6.45) is 3.37. The number of pyridine rings is 1. The third-order valence-corrected chi connectivity index (χ3v) is 2.61. The van der Waals surface area contributed by atoms with Crippen LogP contribution < -0.4 is 10.6 Å². The lowest BCUT2D eigenvalue weighted by atomic mass is 9.95. The summed E-state index contributed by atoms with van der Waals surface area (Å²) < 4.78 is 0. The molecule has 5 heteroatoms. The van der Waals surface area contributed by atoms with Gasteiger partial charge in [-0.3, -0.25) is 14.6 Å². The highest BCUT2D eigenvalue weighted by Gasteiger charge is 2.24. The Bertz CT molecular complexity index is 438. The van der Waals surface area contributed by atoms with E-state index in [1.807, 2.05) is 32.9 Å². The molecule has 19 heavy (non-hydrogen) atoms. The molecule has 0 aromatic carbocycles. The molecule has 5 nitrogen and oxygen atoms in total. The molecule has 0 spiro atoms. The van der Waals surface area contributed by atoms with E-state index in [0.717, 1.165) is 5.56 Å². The van der Waals surface area contributed by atoms with Gasteiger partial charge in [-0.2, -0.15) is 0 Å². The topological polar surface area (TPSA) is 71.1 Å². The standard InChI is InChI=1S/C14H21N3O2/c1-10(17-13(19)14(2,3)4)12(18)16-9-11-6-5-7-15-8-11/h5-8,10H,9H2,1-4H3,(H,16,18)(H,17,19)/t10-/m0/s1. The Hall–Kier alpha value is -1.91. The molecule has 0 unspecified atom stereocenters. The summed E-state index contributed by atoms with van der Waals surface area (Å²) in [5.41, 5.74) is 0.419. The van der Waals surface area contributed by atoms with Crippen LogP contribution in [0, 0.1) is 5.41 Å². The summed E-state index contributed by atoms with van der Waals surface area (Å²) in [5.74, 6) is -0.349. The molecule has 1 aromatic rings. The van der Waals surface area contributed by atoms with Crippen LogP contribution in [-0.4, -0.2) is 22.8 Å². The summed E-state index contributed by atoms with van der Waals surface area (Å²) in [6, 6.07) is 3.14. The second-order valence-corrected chi connectivity index (χ2v) is 5.52. The molecule has 1 aromatic heterocycles. The molecular formula is C14H21N3O2. The molecule has 0 aliphatic carbocycles. The third kappa shape index (κ3) is 5.07. The van der Waals surface area contributed by atoms with E-state index in [2.05, 4.69) is 15.6 Å². The minimum absolute atomic E-state index is 0.142. The molecule has 1 heterocycles. The Labute approximate surface area is 113 Å². The summed E-state index contributed by atoms with van der Waals surface area (Å²) in [4.78, 5) is 27.6. The third-order valence-electron chi connectivity index (χ3n) is 2.61. The predicted octanol–water partition coefficient (Wildman–Crippen LogP) is 1.25. The van der Waals surface area contributed by atoms with Gasteiger partial charge in [0.2, 0.25) is 11.8 Å². The van der Waals surface area contributed by atoms with E-state index in [4.69, 9.17) is 0 Å². The van der Waals surface area contributed by atoms with Gasteiger partial charge in [0.25, 0.3) is 0 Å². The van der Waals surface area contributed by atoms with E-state index in [9.17, 15) is 9.59 Å². The van der Waals surface area contributed by atoms with Crippen LogP contribution in [0.25, 0.3) is 0 Å². The number of carbonyl (C=O) groups is 2. The van der Waals surface area contributed by atoms with Crippen molar-refractivity contribution in [2.75, 3.05) is 0 Å². The van der Waals surface area contributed by atoms with Crippen molar-refractivity contribution in [2.24, 2.45) is 5.41 Å². The highest BCUT2D eigenvalue weighted by molar-refractivity contribution is 5.89. The molecule has 0 fully saturated rings. The van der Waals surface area contributed by atoms with Gasteiger partial charge in [-0.1, -0.05) is 26.8 Å². The van der Waals surface area contributed by atoms with E-state index in [1.165, 1.54) is 0 Å². The van der Waals surface area contributed by atoms with Crippen molar-refractivity contribution in [1.82, 2.24) is 15.6 Å². The number of nitrogens with zero attached hydrogens (tertiary/aromatic N) is 1. The predicted molar refractivity (Wildman–Crippen MR) is 73.1 cm³/mol. The maximum absolute atomic E-state index is 11.8. The fourth-order valence-corrected chi connectivity index (χ4v) is 1.32. The number of carbonyl (C=O) groups excluding carboxylic acids is 2. The van der Waals surface area contributed by atoms with Gasteiger partial charge in [-0.05, 0) is 18.6 Å². The zero-order valence-corrected chi connectivity index (χ0v) is 11.9. The van der Waals surface area contributed by atoms with Gasteiger partial charge in [-0.15, -0.1) is 0 Å². The van der Waals surface area contributed by atoms with E-state index < -0.39 is 11.5 Å². The minimum Gasteiger partial charge on any atom is -0.350 e. The fourth-order valence-electron chi connectivity index (χ4n) is 1.32. The van der Waals surface area contributed by atoms with Gasteiger partial charge in [0, 0.05) is 24.4 Å². The van der Waals surface area contributed by atoms with Crippen LogP contribution in [0.1, 0.15) is 33.3 Å². The van der Waals surface area contributed by atoms with Crippen molar-refractivity contribution < 1.29 is 9.59 Å². The molecule has 1 rings (SSSR count). The molecule has 2 amide bonds. The van der Waals surface area contributed by atoms with Gasteiger partial charge in [0.05, 0.1) is 0 Å². The van der Waals surface area contributed by atoms with Crippen molar-refractivity contribution >= 4 is 11.8 Å². The fraction of sp³-hybridized carbons (Fsp3) is 0.500. The number of hydrogen-bond donors (Lipinski definition) is 2. The van der Waals surface area contributed by atoms with Crippen molar-refractivity contribution in [1.29, 1.82) is 0 Å². The van der Waals surface area contributed by atoms with Gasteiger partial charge < -0.3 is 10.6 Å². The monoisotopic (exact) mass is 263 g/mol. The zero-order valence-electron chi connectivity index (χ0n) is 11.9. The quantitative estimate of drug-likeness (QED) is 0.858. The lowest BCUT2D eigenvalue weighted by Crippen LogP contribution is -2.48. The molecule has 2 N–H and O–H groups in total. The van der Waals surface area contributed by atoms with Gasteiger partial charge in [0.15, 0.2) is 0 Å². The Morgan fingerprint density at radius 3 is 2.58 bits per heavy atom. The van der Waals surface area contributed by atoms with Crippen LogP contribution in [-0.2, 0) is 16.1 Å². The summed E-state index contributed by atoms with van der Waals surface area (Å²) >= 11 is 0. The van der Waals surface area contributed by atoms with Crippen LogP contribution in [0.15, 0.2) is 24.5 Å². The number of aromatic nitrogens is 1.